The van der Waals surface area contributed by atoms with Gasteiger partial charge in [0.25, 0.3) is 0 Å². The molecule has 0 bridgehead atoms. The SMILES string of the molecule is COOP(=O)(Cc1ccccc1)OOC. The van der Waals surface area contributed by atoms with Crippen LogP contribution < -0.4 is 0 Å². The van der Waals surface area contributed by atoms with Crippen molar-refractivity contribution in [1.29, 1.82) is 0 Å². The zero-order chi connectivity index (χ0) is 11.1. The Labute approximate surface area is 88.3 Å². The van der Waals surface area contributed by atoms with Gasteiger partial charge in [0.05, 0.1) is 20.4 Å². The third kappa shape index (κ3) is 4.11. The Hall–Kier alpha value is -0.710. The van der Waals surface area contributed by atoms with Crippen LogP contribution in [0, 0.1) is 0 Å². The Bertz CT molecular complexity index is 317. The quantitative estimate of drug-likeness (QED) is 0.428. The van der Waals surface area contributed by atoms with Crippen molar-refractivity contribution in [2.75, 3.05) is 14.2 Å². The number of rotatable bonds is 6. The van der Waals surface area contributed by atoms with Crippen LogP contribution in [0.1, 0.15) is 5.56 Å². The first-order valence-electron chi connectivity index (χ1n) is 4.28. The first-order chi connectivity index (χ1) is 7.20. The Morgan fingerprint density at radius 3 is 2.07 bits per heavy atom. The molecule has 0 saturated carbocycles. The molecular weight excluding hydrogens is 219 g/mol. The highest BCUT2D eigenvalue weighted by Gasteiger charge is 2.27. The van der Waals surface area contributed by atoms with Gasteiger partial charge >= 0.3 is 7.60 Å². The Morgan fingerprint density at radius 2 is 1.60 bits per heavy atom. The Balaban J connectivity index is 2.71. The zero-order valence-electron chi connectivity index (χ0n) is 8.58. The highest BCUT2D eigenvalue weighted by atomic mass is 31.2. The number of hydrogen-bond donors (Lipinski definition) is 0. The Morgan fingerprint density at radius 1 is 1.07 bits per heavy atom. The van der Waals surface area contributed by atoms with Gasteiger partial charge in [-0.2, -0.15) is 0 Å². The molecule has 0 N–H and O–H groups in total. The molecular formula is C9H13O5P. The van der Waals surface area contributed by atoms with E-state index in [2.05, 4.69) is 19.1 Å². The van der Waals surface area contributed by atoms with E-state index in [1.807, 2.05) is 30.3 Å². The van der Waals surface area contributed by atoms with E-state index in [1.54, 1.807) is 0 Å². The van der Waals surface area contributed by atoms with Crippen LogP contribution in [-0.2, 0) is 29.9 Å². The van der Waals surface area contributed by atoms with Gasteiger partial charge in [-0.1, -0.05) is 30.3 Å². The summed E-state index contributed by atoms with van der Waals surface area (Å²) >= 11 is 0. The van der Waals surface area contributed by atoms with Crippen molar-refractivity contribution in [2.45, 2.75) is 6.16 Å². The largest absolute Gasteiger partial charge is 0.388 e. The molecule has 0 fully saturated rings. The highest BCUT2D eigenvalue weighted by Crippen LogP contribution is 2.51. The minimum absolute atomic E-state index is 0.0928. The van der Waals surface area contributed by atoms with Gasteiger partial charge in [-0.25, -0.2) is 9.78 Å². The second-order valence-corrected chi connectivity index (χ2v) is 4.57. The first-order valence-corrected chi connectivity index (χ1v) is 6.01. The third-order valence-corrected chi connectivity index (χ3v) is 3.10. The lowest BCUT2D eigenvalue weighted by Gasteiger charge is -2.13. The van der Waals surface area contributed by atoms with E-state index in [1.165, 1.54) is 14.2 Å². The van der Waals surface area contributed by atoms with Gasteiger partial charge in [-0.05, 0) is 5.56 Å². The summed E-state index contributed by atoms with van der Waals surface area (Å²) in [6.07, 6.45) is 0.0928. The van der Waals surface area contributed by atoms with E-state index in [-0.39, 0.29) is 6.16 Å². The van der Waals surface area contributed by atoms with E-state index in [0.29, 0.717) is 0 Å². The maximum Gasteiger partial charge on any atom is 0.388 e. The fraction of sp³-hybridized carbons (Fsp3) is 0.333. The van der Waals surface area contributed by atoms with Crippen LogP contribution in [-0.4, -0.2) is 14.2 Å². The average Bonchev–Trinajstić information content (AvgIpc) is 2.19. The lowest BCUT2D eigenvalue weighted by molar-refractivity contribution is -0.242. The van der Waals surface area contributed by atoms with Gasteiger partial charge in [-0.3, -0.25) is 4.57 Å². The van der Waals surface area contributed by atoms with Crippen LogP contribution in [0.4, 0.5) is 0 Å². The zero-order valence-corrected chi connectivity index (χ0v) is 9.48. The van der Waals surface area contributed by atoms with Crippen molar-refractivity contribution < 1.29 is 23.7 Å². The molecule has 1 rings (SSSR count). The monoisotopic (exact) mass is 232 g/mol. The molecule has 5 nitrogen and oxygen atoms in total. The molecule has 15 heavy (non-hydrogen) atoms. The predicted octanol–water partition coefficient (Wildman–Crippen LogP) is 2.54. The van der Waals surface area contributed by atoms with Gasteiger partial charge in [0, 0.05) is 0 Å². The Kier molecular flexibility index (Phi) is 4.94. The summed E-state index contributed by atoms with van der Waals surface area (Å²) in [5.41, 5.74) is 0.815. The molecule has 0 radical (unpaired) electrons. The average molecular weight is 232 g/mol. The molecule has 0 aliphatic heterocycles. The first kappa shape index (κ1) is 12.4. The van der Waals surface area contributed by atoms with E-state index >= 15 is 0 Å². The lowest BCUT2D eigenvalue weighted by atomic mass is 10.2. The van der Waals surface area contributed by atoms with Crippen molar-refractivity contribution in [3.05, 3.63) is 35.9 Å². The lowest BCUT2D eigenvalue weighted by Crippen LogP contribution is -1.98. The molecule has 0 aliphatic carbocycles. The summed E-state index contributed by atoms with van der Waals surface area (Å²) in [6.45, 7) is 0. The smallest absolute Gasteiger partial charge is 0.255 e. The third-order valence-electron chi connectivity index (χ3n) is 1.60. The van der Waals surface area contributed by atoms with Crippen molar-refractivity contribution in [1.82, 2.24) is 0 Å². The fourth-order valence-corrected chi connectivity index (χ4v) is 2.34. The summed E-state index contributed by atoms with van der Waals surface area (Å²) in [5.74, 6) is 0. The molecule has 0 unspecified atom stereocenters. The molecule has 1 aromatic rings. The van der Waals surface area contributed by atoms with E-state index in [9.17, 15) is 4.57 Å². The minimum Gasteiger partial charge on any atom is -0.255 e. The summed E-state index contributed by atoms with van der Waals surface area (Å²) in [4.78, 5) is 8.73. The van der Waals surface area contributed by atoms with Crippen LogP contribution in [0.2, 0.25) is 0 Å². The fourth-order valence-electron chi connectivity index (χ4n) is 1.10. The second-order valence-electron chi connectivity index (χ2n) is 2.74. The van der Waals surface area contributed by atoms with Gasteiger partial charge < -0.3 is 0 Å². The molecule has 0 aliphatic rings. The van der Waals surface area contributed by atoms with Crippen LogP contribution in [0.25, 0.3) is 0 Å². The molecule has 0 aromatic heterocycles. The summed E-state index contributed by atoms with van der Waals surface area (Å²) in [7, 11) is -0.865. The molecule has 0 saturated heterocycles. The molecule has 0 amide bonds. The van der Waals surface area contributed by atoms with Crippen molar-refractivity contribution >= 4 is 7.60 Å². The molecule has 0 spiro atoms. The molecule has 1 aromatic carbocycles. The van der Waals surface area contributed by atoms with Crippen molar-refractivity contribution in [3.8, 4) is 0 Å². The summed E-state index contributed by atoms with van der Waals surface area (Å²) in [6, 6.07) is 9.15. The molecule has 0 atom stereocenters. The van der Waals surface area contributed by atoms with Crippen LogP contribution in [0.3, 0.4) is 0 Å². The normalized spacial score (nSPS) is 11.6. The van der Waals surface area contributed by atoms with Crippen LogP contribution in [0.15, 0.2) is 30.3 Å². The van der Waals surface area contributed by atoms with E-state index < -0.39 is 7.60 Å². The molecule has 6 heteroatoms. The van der Waals surface area contributed by atoms with Crippen LogP contribution >= 0.6 is 7.60 Å². The van der Waals surface area contributed by atoms with Crippen molar-refractivity contribution in [2.24, 2.45) is 0 Å². The van der Waals surface area contributed by atoms with Gasteiger partial charge in [0.15, 0.2) is 0 Å². The number of benzene rings is 1. The van der Waals surface area contributed by atoms with Crippen LogP contribution in [0.5, 0.6) is 0 Å². The maximum absolute atomic E-state index is 11.9. The second kappa shape index (κ2) is 6.00. The van der Waals surface area contributed by atoms with E-state index in [4.69, 9.17) is 0 Å². The molecule has 84 valence electrons. The molecule has 0 heterocycles. The van der Waals surface area contributed by atoms with Gasteiger partial charge in [-0.15, -0.1) is 9.35 Å². The summed E-state index contributed by atoms with van der Waals surface area (Å²) < 4.78 is 21.1. The topological polar surface area (TPSA) is 54.0 Å². The van der Waals surface area contributed by atoms with Gasteiger partial charge in [0.1, 0.15) is 0 Å². The summed E-state index contributed by atoms with van der Waals surface area (Å²) in [5, 5.41) is 0. The highest BCUT2D eigenvalue weighted by molar-refractivity contribution is 7.52. The minimum atomic E-state index is -3.39. The standard InChI is InChI=1S/C9H13O5P/c1-11-13-15(10,14-12-2)8-9-6-4-3-5-7-9/h3-7H,8H2,1-2H3. The number of hydrogen-bond acceptors (Lipinski definition) is 5. The maximum atomic E-state index is 11.9. The van der Waals surface area contributed by atoms with Crippen molar-refractivity contribution in [3.63, 3.8) is 0 Å². The van der Waals surface area contributed by atoms with Gasteiger partial charge in [0.2, 0.25) is 0 Å². The predicted molar refractivity (Wildman–Crippen MR) is 53.9 cm³/mol. The van der Waals surface area contributed by atoms with E-state index in [0.717, 1.165) is 5.56 Å².